The Balaban J connectivity index is 1.36. The van der Waals surface area contributed by atoms with Crippen molar-refractivity contribution in [1.82, 2.24) is 15.2 Å². The van der Waals surface area contributed by atoms with Crippen LogP contribution in [0.5, 0.6) is 11.5 Å². The van der Waals surface area contributed by atoms with E-state index in [1.807, 2.05) is 36.9 Å². The maximum absolute atomic E-state index is 13.7. The van der Waals surface area contributed by atoms with Crippen LogP contribution < -0.4 is 14.8 Å². The van der Waals surface area contributed by atoms with Crippen molar-refractivity contribution in [2.24, 2.45) is 11.8 Å². The van der Waals surface area contributed by atoms with Gasteiger partial charge in [-0.1, -0.05) is 35.9 Å². The Hall–Kier alpha value is -3.39. The minimum atomic E-state index is -0.248. The van der Waals surface area contributed by atoms with Crippen LogP contribution >= 0.6 is 11.3 Å². The molecule has 1 N–H and O–H groups in total. The molecule has 1 aliphatic heterocycles. The molecule has 8 heteroatoms. The molecule has 2 heterocycles. The lowest BCUT2D eigenvalue weighted by atomic mass is 10.1. The van der Waals surface area contributed by atoms with Crippen LogP contribution in [0.4, 0.5) is 0 Å². The Bertz CT molecular complexity index is 1290. The number of nitrogens with zero attached hydrogens (tertiary/aromatic N) is 2. The topological polar surface area (TPSA) is 80.8 Å². The summed E-state index contributed by atoms with van der Waals surface area (Å²) in [5.41, 5.74) is 3.07. The number of fused-ring (bicyclic) bond motifs is 1. The second-order valence-electron chi connectivity index (χ2n) is 9.22. The highest BCUT2D eigenvalue weighted by Gasteiger charge is 2.54. The van der Waals surface area contributed by atoms with Crippen LogP contribution in [0.25, 0.3) is 10.4 Å². The second kappa shape index (κ2) is 9.34. The number of carbonyl (C=O) groups is 2. The van der Waals surface area contributed by atoms with Gasteiger partial charge in [0.05, 0.1) is 35.7 Å². The van der Waals surface area contributed by atoms with Gasteiger partial charge >= 0.3 is 0 Å². The van der Waals surface area contributed by atoms with Gasteiger partial charge in [0.15, 0.2) is 11.5 Å². The predicted molar refractivity (Wildman–Crippen MR) is 135 cm³/mol. The number of hydrogen-bond acceptors (Lipinski definition) is 6. The molecular formula is C27H29N3O4S. The molecule has 7 nitrogen and oxygen atoms in total. The van der Waals surface area contributed by atoms with Crippen LogP contribution in [0.2, 0.25) is 0 Å². The highest BCUT2D eigenvalue weighted by atomic mass is 32.1. The number of aromatic nitrogens is 1. The van der Waals surface area contributed by atoms with E-state index in [0.717, 1.165) is 27.4 Å². The average Bonchev–Trinajstić information content (AvgIpc) is 3.37. The lowest BCUT2D eigenvalue weighted by Gasteiger charge is -2.27. The minimum Gasteiger partial charge on any atom is -0.493 e. The first-order valence-electron chi connectivity index (χ1n) is 11.8. The van der Waals surface area contributed by atoms with Gasteiger partial charge < -0.3 is 19.7 Å². The molecule has 5 rings (SSSR count). The number of benzene rings is 2. The molecular weight excluding hydrogens is 462 g/mol. The summed E-state index contributed by atoms with van der Waals surface area (Å²) >= 11 is 1.55. The molecule has 1 aliphatic carbocycles. The maximum atomic E-state index is 13.7. The highest BCUT2D eigenvalue weighted by Crippen LogP contribution is 2.50. The van der Waals surface area contributed by atoms with E-state index in [9.17, 15) is 9.59 Å². The summed E-state index contributed by atoms with van der Waals surface area (Å²) in [5, 5.41) is 3.90. The van der Waals surface area contributed by atoms with E-state index in [2.05, 4.69) is 16.4 Å². The summed E-state index contributed by atoms with van der Waals surface area (Å²) in [6.45, 7) is 5.07. The number of carbonyl (C=O) groups excluding carboxylic acids is 2. The summed E-state index contributed by atoms with van der Waals surface area (Å²) in [6.07, 6.45) is 1.09. The zero-order valence-electron chi connectivity index (χ0n) is 20.3. The highest BCUT2D eigenvalue weighted by molar-refractivity contribution is 7.15. The number of aryl methyl sites for hydroxylation is 2. The molecule has 1 saturated heterocycles. The molecule has 1 saturated carbocycles. The number of amides is 2. The van der Waals surface area contributed by atoms with E-state index in [1.165, 1.54) is 7.11 Å². The summed E-state index contributed by atoms with van der Waals surface area (Å²) in [7, 11) is 3.06. The smallest absolute Gasteiger partial charge is 0.274 e. The third-order valence-corrected chi connectivity index (χ3v) is 7.92. The van der Waals surface area contributed by atoms with Gasteiger partial charge in [-0.05, 0) is 49.8 Å². The Morgan fingerprint density at radius 1 is 1.14 bits per heavy atom. The van der Waals surface area contributed by atoms with Crippen LogP contribution in [0.3, 0.4) is 0 Å². The van der Waals surface area contributed by atoms with E-state index < -0.39 is 0 Å². The van der Waals surface area contributed by atoms with Crippen molar-refractivity contribution in [2.45, 2.75) is 26.3 Å². The molecule has 2 amide bonds. The number of nitrogens with one attached hydrogen (secondary N) is 1. The van der Waals surface area contributed by atoms with E-state index in [4.69, 9.17) is 9.47 Å². The van der Waals surface area contributed by atoms with E-state index in [1.54, 1.807) is 36.6 Å². The Morgan fingerprint density at radius 2 is 1.94 bits per heavy atom. The number of para-hydroxylation sites is 1. The Labute approximate surface area is 209 Å². The van der Waals surface area contributed by atoms with Gasteiger partial charge in [0.2, 0.25) is 0 Å². The SMILES string of the molecule is COc1cccc(C(=O)NCC2C3CC3CN2C(=O)c2nc(C)sc2-c2cccc(C)c2)c1OC. The quantitative estimate of drug-likeness (QED) is 0.532. The molecule has 0 radical (unpaired) electrons. The fourth-order valence-electron chi connectivity index (χ4n) is 5.11. The standard InChI is InChI=1S/C27H29N3O4S/c1-15-7-5-8-17(11-15)25-23(29-16(2)35-25)27(32)30-14-18-12-20(18)21(30)13-28-26(31)19-9-6-10-22(33-3)24(19)34-4/h5-11,18,20-21H,12-14H2,1-4H3,(H,28,31). The monoisotopic (exact) mass is 491 g/mol. The van der Waals surface area contributed by atoms with Gasteiger partial charge in [0, 0.05) is 13.1 Å². The lowest BCUT2D eigenvalue weighted by Crippen LogP contribution is -2.45. The third-order valence-electron chi connectivity index (χ3n) is 6.90. The number of likely N-dealkylation sites (tertiary alicyclic amines) is 1. The van der Waals surface area contributed by atoms with Crippen LogP contribution in [-0.4, -0.2) is 55.0 Å². The van der Waals surface area contributed by atoms with Crippen LogP contribution in [0.1, 0.15) is 37.8 Å². The van der Waals surface area contributed by atoms with E-state index in [0.29, 0.717) is 47.7 Å². The minimum absolute atomic E-state index is 0.0552. The number of rotatable bonds is 7. The fourth-order valence-corrected chi connectivity index (χ4v) is 6.02. The molecule has 2 aromatic carbocycles. The number of piperidine rings is 1. The summed E-state index contributed by atoms with van der Waals surface area (Å²) in [6, 6.07) is 13.3. The van der Waals surface area contributed by atoms with Crippen molar-refractivity contribution >= 4 is 23.2 Å². The molecule has 3 aromatic rings. The molecule has 182 valence electrons. The van der Waals surface area contributed by atoms with Gasteiger partial charge in [-0.2, -0.15) is 0 Å². The molecule has 0 bridgehead atoms. The lowest BCUT2D eigenvalue weighted by molar-refractivity contribution is 0.0690. The first-order valence-corrected chi connectivity index (χ1v) is 12.6. The number of ether oxygens (including phenoxy) is 2. The molecule has 1 aromatic heterocycles. The van der Waals surface area contributed by atoms with Gasteiger partial charge in [-0.25, -0.2) is 4.98 Å². The van der Waals surface area contributed by atoms with E-state index in [-0.39, 0.29) is 17.9 Å². The largest absolute Gasteiger partial charge is 0.493 e. The van der Waals surface area contributed by atoms with Gasteiger partial charge in [-0.15, -0.1) is 11.3 Å². The molecule has 0 spiro atoms. The Kier molecular flexibility index (Phi) is 6.23. The van der Waals surface area contributed by atoms with Crippen molar-refractivity contribution in [3.63, 3.8) is 0 Å². The third kappa shape index (κ3) is 4.38. The summed E-state index contributed by atoms with van der Waals surface area (Å²) in [5.74, 6) is 1.50. The van der Waals surface area contributed by atoms with Crippen molar-refractivity contribution in [3.05, 3.63) is 64.3 Å². The van der Waals surface area contributed by atoms with Crippen molar-refractivity contribution in [3.8, 4) is 21.9 Å². The number of methoxy groups -OCH3 is 2. The predicted octanol–water partition coefficient (Wildman–Crippen LogP) is 4.33. The molecule has 2 fully saturated rings. The van der Waals surface area contributed by atoms with Gasteiger partial charge in [0.1, 0.15) is 5.69 Å². The molecule has 35 heavy (non-hydrogen) atoms. The molecule has 3 atom stereocenters. The number of thiazole rings is 1. The van der Waals surface area contributed by atoms with Crippen molar-refractivity contribution in [1.29, 1.82) is 0 Å². The van der Waals surface area contributed by atoms with Crippen LogP contribution in [0, 0.1) is 25.7 Å². The first-order chi connectivity index (χ1) is 16.9. The van der Waals surface area contributed by atoms with E-state index >= 15 is 0 Å². The van der Waals surface area contributed by atoms with Crippen LogP contribution in [0.15, 0.2) is 42.5 Å². The van der Waals surface area contributed by atoms with Crippen molar-refractivity contribution < 1.29 is 19.1 Å². The Morgan fingerprint density at radius 3 is 2.69 bits per heavy atom. The maximum Gasteiger partial charge on any atom is 0.274 e. The number of hydrogen-bond donors (Lipinski definition) is 1. The first kappa shape index (κ1) is 23.4. The summed E-state index contributed by atoms with van der Waals surface area (Å²) < 4.78 is 10.7. The van der Waals surface area contributed by atoms with Crippen molar-refractivity contribution in [2.75, 3.05) is 27.3 Å². The second-order valence-corrected chi connectivity index (χ2v) is 10.4. The zero-order valence-corrected chi connectivity index (χ0v) is 21.1. The fraction of sp³-hybridized carbons (Fsp3) is 0.370. The van der Waals surface area contributed by atoms with Gasteiger partial charge in [-0.3, -0.25) is 9.59 Å². The zero-order chi connectivity index (χ0) is 24.7. The molecule has 2 aliphatic rings. The average molecular weight is 492 g/mol. The normalized spacial score (nSPS) is 20.3. The van der Waals surface area contributed by atoms with Crippen LogP contribution in [-0.2, 0) is 0 Å². The molecule has 3 unspecified atom stereocenters. The summed E-state index contributed by atoms with van der Waals surface area (Å²) in [4.78, 5) is 34.2. The van der Waals surface area contributed by atoms with Gasteiger partial charge in [0.25, 0.3) is 11.8 Å².